The van der Waals surface area contributed by atoms with Crippen molar-refractivity contribution in [2.75, 3.05) is 13.7 Å². The molecule has 0 fully saturated rings. The maximum atomic E-state index is 9.53. The molecular formula is C21H27N3O2. The van der Waals surface area contributed by atoms with Gasteiger partial charge in [0.25, 0.3) is 0 Å². The zero-order valence-corrected chi connectivity index (χ0v) is 16.4. The molecule has 0 unspecified atom stereocenters. The number of hydrogen-bond acceptors (Lipinski definition) is 4. The van der Waals surface area contributed by atoms with Crippen LogP contribution in [0.15, 0.2) is 24.4 Å². The van der Waals surface area contributed by atoms with Gasteiger partial charge >= 0.3 is 0 Å². The molecule has 0 saturated heterocycles. The summed E-state index contributed by atoms with van der Waals surface area (Å²) in [6.45, 7) is 10.4. The molecule has 1 N–H and O–H groups in total. The number of rotatable bonds is 5. The minimum absolute atomic E-state index is 0.0137. The molecule has 0 amide bonds. The number of nitrogens with zero attached hydrogens (tertiary/aromatic N) is 3. The average molecular weight is 353 g/mol. The lowest BCUT2D eigenvalue weighted by atomic mass is 10.0. The van der Waals surface area contributed by atoms with Crippen LogP contribution >= 0.6 is 0 Å². The zero-order valence-electron chi connectivity index (χ0n) is 16.4. The summed E-state index contributed by atoms with van der Waals surface area (Å²) in [7, 11) is 1.65. The number of methoxy groups -OCH3 is 1. The Kier molecular flexibility index (Phi) is 5.01. The van der Waals surface area contributed by atoms with Crippen LogP contribution < -0.4 is 4.74 Å². The fourth-order valence-electron chi connectivity index (χ4n) is 3.26. The SMILES string of the molecule is COc1nc(C(C)C)ccc1-c1nc2c(C)cn([C@H](C)CO)c2cc1C. The van der Waals surface area contributed by atoms with Crippen molar-refractivity contribution in [2.24, 2.45) is 0 Å². The Morgan fingerprint density at radius 3 is 2.46 bits per heavy atom. The highest BCUT2D eigenvalue weighted by molar-refractivity contribution is 5.85. The quantitative estimate of drug-likeness (QED) is 0.738. The van der Waals surface area contributed by atoms with Gasteiger partial charge in [-0.05, 0) is 56.0 Å². The number of fused-ring (bicyclic) bond motifs is 1. The van der Waals surface area contributed by atoms with E-state index in [0.29, 0.717) is 11.8 Å². The van der Waals surface area contributed by atoms with Crippen LogP contribution in [0.4, 0.5) is 0 Å². The largest absolute Gasteiger partial charge is 0.480 e. The summed E-state index contributed by atoms with van der Waals surface area (Å²) >= 11 is 0. The third-order valence-corrected chi connectivity index (χ3v) is 4.84. The van der Waals surface area contributed by atoms with Crippen LogP contribution in [0, 0.1) is 13.8 Å². The third kappa shape index (κ3) is 3.07. The molecule has 0 saturated carbocycles. The molecule has 1 atom stereocenters. The van der Waals surface area contributed by atoms with Crippen LogP contribution in [-0.4, -0.2) is 33.4 Å². The smallest absolute Gasteiger partial charge is 0.222 e. The fraction of sp³-hybridized carbons (Fsp3) is 0.429. The number of aliphatic hydroxyl groups excluding tert-OH is 1. The zero-order chi connectivity index (χ0) is 19.0. The van der Waals surface area contributed by atoms with Crippen molar-refractivity contribution in [3.8, 4) is 17.1 Å². The molecule has 3 heterocycles. The first-order chi connectivity index (χ1) is 12.4. The van der Waals surface area contributed by atoms with Crippen molar-refractivity contribution in [1.82, 2.24) is 14.5 Å². The maximum absolute atomic E-state index is 9.53. The first kappa shape index (κ1) is 18.4. The highest BCUT2D eigenvalue weighted by Gasteiger charge is 2.18. The standard InChI is InChI=1S/C21H27N3O2/c1-12(2)17-8-7-16(21(22-17)26-6)19-13(3)9-18-20(23-19)14(4)10-24(18)15(5)11-25/h7-10,12,15,25H,11H2,1-6H3/t15-/m1/s1. The van der Waals surface area contributed by atoms with Gasteiger partial charge in [-0.25, -0.2) is 9.97 Å². The van der Waals surface area contributed by atoms with E-state index in [9.17, 15) is 5.11 Å². The van der Waals surface area contributed by atoms with Crippen LogP contribution in [0.2, 0.25) is 0 Å². The van der Waals surface area contributed by atoms with E-state index in [1.54, 1.807) is 7.11 Å². The molecule has 3 aromatic rings. The Morgan fingerprint density at radius 2 is 1.85 bits per heavy atom. The van der Waals surface area contributed by atoms with Crippen molar-refractivity contribution in [2.45, 2.75) is 46.6 Å². The molecule has 0 bridgehead atoms. The molecule has 138 valence electrons. The monoisotopic (exact) mass is 353 g/mol. The summed E-state index contributed by atoms with van der Waals surface area (Å²) in [6, 6.07) is 6.23. The number of aryl methyl sites for hydroxylation is 2. The Bertz CT molecular complexity index is 944. The highest BCUT2D eigenvalue weighted by atomic mass is 16.5. The van der Waals surface area contributed by atoms with E-state index in [4.69, 9.17) is 9.72 Å². The molecule has 5 heteroatoms. The molecule has 0 spiro atoms. The number of hydrogen-bond donors (Lipinski definition) is 1. The van der Waals surface area contributed by atoms with E-state index in [-0.39, 0.29) is 12.6 Å². The summed E-state index contributed by atoms with van der Waals surface area (Å²) in [5.74, 6) is 0.942. The lowest BCUT2D eigenvalue weighted by molar-refractivity contribution is 0.241. The van der Waals surface area contributed by atoms with Crippen molar-refractivity contribution in [3.05, 3.63) is 41.2 Å². The lowest BCUT2D eigenvalue weighted by Crippen LogP contribution is -2.08. The Morgan fingerprint density at radius 1 is 1.12 bits per heavy atom. The third-order valence-electron chi connectivity index (χ3n) is 4.84. The van der Waals surface area contributed by atoms with Gasteiger partial charge in [-0.1, -0.05) is 13.8 Å². The van der Waals surface area contributed by atoms with E-state index in [1.165, 1.54) is 0 Å². The summed E-state index contributed by atoms with van der Waals surface area (Å²) < 4.78 is 7.65. The topological polar surface area (TPSA) is 60.2 Å². The molecule has 3 aromatic heterocycles. The Balaban J connectivity index is 2.21. The normalized spacial score (nSPS) is 12.8. The van der Waals surface area contributed by atoms with Crippen LogP contribution in [0.25, 0.3) is 22.3 Å². The molecule has 0 aliphatic carbocycles. The first-order valence-corrected chi connectivity index (χ1v) is 9.02. The van der Waals surface area contributed by atoms with Gasteiger partial charge in [-0.15, -0.1) is 0 Å². The lowest BCUT2D eigenvalue weighted by Gasteiger charge is -2.15. The molecular weight excluding hydrogens is 326 g/mol. The van der Waals surface area contributed by atoms with Gasteiger partial charge in [0.15, 0.2) is 0 Å². The van der Waals surface area contributed by atoms with Crippen molar-refractivity contribution < 1.29 is 9.84 Å². The van der Waals surface area contributed by atoms with Crippen molar-refractivity contribution in [3.63, 3.8) is 0 Å². The highest BCUT2D eigenvalue weighted by Crippen LogP contribution is 2.34. The molecule has 0 aliphatic rings. The second-order valence-electron chi connectivity index (χ2n) is 7.22. The second kappa shape index (κ2) is 7.08. The molecule has 0 aromatic carbocycles. The number of pyridine rings is 2. The number of aromatic nitrogens is 3. The van der Waals surface area contributed by atoms with Crippen molar-refractivity contribution in [1.29, 1.82) is 0 Å². The van der Waals surface area contributed by atoms with Gasteiger partial charge in [0.05, 0.1) is 42.0 Å². The van der Waals surface area contributed by atoms with Crippen LogP contribution in [-0.2, 0) is 0 Å². The van der Waals surface area contributed by atoms with Gasteiger partial charge in [-0.2, -0.15) is 0 Å². The molecule has 3 rings (SSSR count). The predicted molar refractivity (Wildman–Crippen MR) is 105 cm³/mol. The summed E-state index contributed by atoms with van der Waals surface area (Å²) in [5.41, 5.74) is 6.92. The van der Waals surface area contributed by atoms with E-state index < -0.39 is 0 Å². The number of aliphatic hydroxyl groups is 1. The number of ether oxygens (including phenoxy) is 1. The molecule has 0 radical (unpaired) electrons. The second-order valence-corrected chi connectivity index (χ2v) is 7.22. The van der Waals surface area contributed by atoms with Crippen LogP contribution in [0.5, 0.6) is 5.88 Å². The summed E-state index contributed by atoms with van der Waals surface area (Å²) in [5, 5.41) is 9.53. The Hall–Kier alpha value is -2.40. The first-order valence-electron chi connectivity index (χ1n) is 9.02. The average Bonchev–Trinajstić information content (AvgIpc) is 2.95. The molecule has 0 aliphatic heterocycles. The predicted octanol–water partition coefficient (Wildman–Crippen LogP) is 4.40. The minimum atomic E-state index is 0.0137. The van der Waals surface area contributed by atoms with E-state index in [1.807, 2.05) is 32.9 Å². The van der Waals surface area contributed by atoms with E-state index >= 15 is 0 Å². The van der Waals surface area contributed by atoms with E-state index in [0.717, 1.165) is 39.1 Å². The minimum Gasteiger partial charge on any atom is -0.480 e. The summed E-state index contributed by atoms with van der Waals surface area (Å²) in [4.78, 5) is 9.60. The van der Waals surface area contributed by atoms with Crippen molar-refractivity contribution >= 4 is 11.0 Å². The molecule has 26 heavy (non-hydrogen) atoms. The van der Waals surface area contributed by atoms with Gasteiger partial charge in [0, 0.05) is 11.9 Å². The Labute approximate surface area is 154 Å². The van der Waals surface area contributed by atoms with Gasteiger partial charge in [-0.3, -0.25) is 0 Å². The van der Waals surface area contributed by atoms with Crippen LogP contribution in [0.1, 0.15) is 49.6 Å². The van der Waals surface area contributed by atoms with Gasteiger partial charge in [0.1, 0.15) is 0 Å². The molecule has 5 nitrogen and oxygen atoms in total. The van der Waals surface area contributed by atoms with Crippen LogP contribution in [0.3, 0.4) is 0 Å². The van der Waals surface area contributed by atoms with Gasteiger partial charge in [0.2, 0.25) is 5.88 Å². The summed E-state index contributed by atoms with van der Waals surface area (Å²) in [6.07, 6.45) is 2.05. The maximum Gasteiger partial charge on any atom is 0.222 e. The van der Waals surface area contributed by atoms with E-state index in [2.05, 4.69) is 35.7 Å². The van der Waals surface area contributed by atoms with Gasteiger partial charge < -0.3 is 14.4 Å². The fourth-order valence-corrected chi connectivity index (χ4v) is 3.26.